The van der Waals surface area contributed by atoms with Crippen molar-refractivity contribution in [1.29, 1.82) is 0 Å². The maximum absolute atomic E-state index is 13.2. The topological polar surface area (TPSA) is 50.9 Å². The summed E-state index contributed by atoms with van der Waals surface area (Å²) in [5.41, 5.74) is 9.89. The molecule has 0 saturated carbocycles. The molecule has 4 heteroatoms. The average molecular weight is 267 g/mol. The van der Waals surface area contributed by atoms with Gasteiger partial charge in [0.05, 0.1) is 23.1 Å². The lowest BCUT2D eigenvalue weighted by Crippen LogP contribution is -2.00. The number of nitrogens with two attached hydrogens (primary N) is 1. The maximum atomic E-state index is 13.2. The summed E-state index contributed by atoms with van der Waals surface area (Å²) in [7, 11) is 0. The molecule has 3 N–H and O–H groups in total. The lowest BCUT2D eigenvalue weighted by Gasteiger charge is -2.14. The summed E-state index contributed by atoms with van der Waals surface area (Å²) >= 11 is 0. The summed E-state index contributed by atoms with van der Waals surface area (Å²) in [6, 6.07) is 12.4. The third-order valence-electron chi connectivity index (χ3n) is 3.25. The normalized spacial score (nSPS) is 10.7. The van der Waals surface area contributed by atoms with Crippen molar-refractivity contribution in [3.8, 4) is 0 Å². The van der Waals surface area contributed by atoms with E-state index in [1.165, 1.54) is 12.1 Å². The fourth-order valence-corrected chi connectivity index (χ4v) is 2.20. The number of nitrogen functional groups attached to an aromatic ring is 1. The minimum atomic E-state index is -0.249. The Bertz CT molecular complexity index is 784. The molecule has 100 valence electrons. The first-order chi connectivity index (χ1) is 9.65. The lowest BCUT2D eigenvalue weighted by atomic mass is 10.1. The molecule has 1 heterocycles. The third kappa shape index (κ3) is 2.16. The average Bonchev–Trinajstić information content (AvgIpc) is 2.44. The van der Waals surface area contributed by atoms with E-state index in [4.69, 9.17) is 5.73 Å². The second-order valence-electron chi connectivity index (χ2n) is 4.69. The van der Waals surface area contributed by atoms with Crippen LogP contribution < -0.4 is 11.1 Å². The fraction of sp³-hybridized carbons (Fsp3) is 0.0625. The van der Waals surface area contributed by atoms with Gasteiger partial charge in [0.25, 0.3) is 0 Å². The van der Waals surface area contributed by atoms with Crippen LogP contribution in [0.1, 0.15) is 5.56 Å². The molecule has 2 aromatic carbocycles. The summed E-state index contributed by atoms with van der Waals surface area (Å²) in [6.07, 6.45) is 1.63. The van der Waals surface area contributed by atoms with Crippen molar-refractivity contribution < 1.29 is 4.39 Å². The minimum Gasteiger partial charge on any atom is -0.396 e. The van der Waals surface area contributed by atoms with Crippen molar-refractivity contribution in [1.82, 2.24) is 4.98 Å². The number of anilines is 3. The first kappa shape index (κ1) is 12.4. The molecule has 0 unspecified atom stereocenters. The molecule has 3 aromatic rings. The predicted octanol–water partition coefficient (Wildman–Crippen LogP) is 4.01. The molecule has 0 spiro atoms. The highest BCUT2D eigenvalue weighted by molar-refractivity contribution is 5.98. The largest absolute Gasteiger partial charge is 0.396 e. The highest BCUT2D eigenvalue weighted by Gasteiger charge is 2.08. The number of nitrogens with zero attached hydrogens (tertiary/aromatic N) is 1. The monoisotopic (exact) mass is 267 g/mol. The van der Waals surface area contributed by atoms with E-state index >= 15 is 0 Å². The molecule has 1 aromatic heterocycles. The Kier molecular flexibility index (Phi) is 2.99. The van der Waals surface area contributed by atoms with Crippen molar-refractivity contribution in [2.75, 3.05) is 11.1 Å². The Morgan fingerprint density at radius 3 is 2.75 bits per heavy atom. The molecule has 0 aliphatic carbocycles. The van der Waals surface area contributed by atoms with Gasteiger partial charge in [-0.15, -0.1) is 0 Å². The minimum absolute atomic E-state index is 0.249. The molecule has 0 aliphatic heterocycles. The summed E-state index contributed by atoms with van der Waals surface area (Å²) in [5, 5.41) is 4.22. The van der Waals surface area contributed by atoms with Gasteiger partial charge in [-0.2, -0.15) is 0 Å². The molecular formula is C16H14FN3. The van der Waals surface area contributed by atoms with Crippen LogP contribution in [0.2, 0.25) is 0 Å². The van der Waals surface area contributed by atoms with Crippen LogP contribution >= 0.6 is 0 Å². The van der Waals surface area contributed by atoms with E-state index in [-0.39, 0.29) is 5.82 Å². The Hall–Kier alpha value is -2.62. The molecule has 0 saturated heterocycles. The number of hydrogen-bond donors (Lipinski definition) is 2. The Balaban J connectivity index is 2.12. The van der Waals surface area contributed by atoms with Crippen LogP contribution in [0.3, 0.4) is 0 Å². The van der Waals surface area contributed by atoms with E-state index in [9.17, 15) is 4.39 Å². The fourth-order valence-electron chi connectivity index (χ4n) is 2.20. The molecule has 0 fully saturated rings. The number of halogens is 1. The molecule has 0 aliphatic rings. The first-order valence-corrected chi connectivity index (χ1v) is 6.31. The zero-order chi connectivity index (χ0) is 14.1. The Morgan fingerprint density at radius 1 is 1.15 bits per heavy atom. The number of fused-ring (bicyclic) bond motifs is 1. The van der Waals surface area contributed by atoms with Gasteiger partial charge < -0.3 is 11.1 Å². The SMILES string of the molecule is Cc1cc(F)ccc1Nc1c(N)cnc2ccccc12. The molecule has 0 bridgehead atoms. The predicted molar refractivity (Wildman–Crippen MR) is 80.6 cm³/mol. The second kappa shape index (κ2) is 4.81. The van der Waals surface area contributed by atoms with E-state index in [0.717, 1.165) is 27.8 Å². The van der Waals surface area contributed by atoms with Crippen LogP contribution in [0.25, 0.3) is 10.9 Å². The van der Waals surface area contributed by atoms with Gasteiger partial charge in [-0.3, -0.25) is 4.98 Å². The van der Waals surface area contributed by atoms with Crippen molar-refractivity contribution in [3.05, 3.63) is 60.0 Å². The quantitative estimate of drug-likeness (QED) is 0.737. The Labute approximate surface area is 116 Å². The second-order valence-corrected chi connectivity index (χ2v) is 4.69. The van der Waals surface area contributed by atoms with Gasteiger partial charge in [0.1, 0.15) is 5.82 Å². The number of nitrogens with one attached hydrogen (secondary N) is 1. The molecule has 0 amide bonds. The number of hydrogen-bond acceptors (Lipinski definition) is 3. The number of aryl methyl sites for hydroxylation is 1. The van der Waals surface area contributed by atoms with Crippen molar-refractivity contribution in [2.45, 2.75) is 6.92 Å². The molecule has 0 atom stereocenters. The van der Waals surface area contributed by atoms with E-state index in [2.05, 4.69) is 10.3 Å². The maximum Gasteiger partial charge on any atom is 0.123 e. The smallest absolute Gasteiger partial charge is 0.123 e. The number of rotatable bonds is 2. The van der Waals surface area contributed by atoms with Gasteiger partial charge in [-0.05, 0) is 36.8 Å². The van der Waals surface area contributed by atoms with E-state index in [1.54, 1.807) is 12.3 Å². The van der Waals surface area contributed by atoms with Crippen LogP contribution in [0.4, 0.5) is 21.5 Å². The van der Waals surface area contributed by atoms with Crippen LogP contribution in [-0.4, -0.2) is 4.98 Å². The van der Waals surface area contributed by atoms with Crippen LogP contribution in [-0.2, 0) is 0 Å². The van der Waals surface area contributed by atoms with Gasteiger partial charge in [0, 0.05) is 11.1 Å². The van der Waals surface area contributed by atoms with Gasteiger partial charge in [0.15, 0.2) is 0 Å². The number of benzene rings is 2. The van der Waals surface area contributed by atoms with E-state index < -0.39 is 0 Å². The van der Waals surface area contributed by atoms with Crippen LogP contribution in [0.15, 0.2) is 48.7 Å². The zero-order valence-corrected chi connectivity index (χ0v) is 11.0. The molecule has 20 heavy (non-hydrogen) atoms. The van der Waals surface area contributed by atoms with Crippen LogP contribution in [0.5, 0.6) is 0 Å². The van der Waals surface area contributed by atoms with Gasteiger partial charge in [-0.1, -0.05) is 18.2 Å². The zero-order valence-electron chi connectivity index (χ0n) is 11.0. The van der Waals surface area contributed by atoms with Crippen LogP contribution in [0, 0.1) is 12.7 Å². The number of aromatic nitrogens is 1. The van der Waals surface area contributed by atoms with Gasteiger partial charge in [0.2, 0.25) is 0 Å². The summed E-state index contributed by atoms with van der Waals surface area (Å²) in [4.78, 5) is 4.29. The summed E-state index contributed by atoms with van der Waals surface area (Å²) in [6.45, 7) is 1.85. The van der Waals surface area contributed by atoms with Gasteiger partial charge >= 0.3 is 0 Å². The van der Waals surface area contributed by atoms with E-state index in [0.29, 0.717) is 5.69 Å². The summed E-state index contributed by atoms with van der Waals surface area (Å²) in [5.74, 6) is -0.249. The van der Waals surface area contributed by atoms with Crippen molar-refractivity contribution in [3.63, 3.8) is 0 Å². The molecule has 0 radical (unpaired) electrons. The summed E-state index contributed by atoms with van der Waals surface area (Å²) < 4.78 is 13.2. The standard InChI is InChI=1S/C16H14FN3/c1-10-8-11(17)6-7-14(10)20-16-12-4-2-3-5-15(12)19-9-13(16)18/h2-9H,18H2,1H3,(H,19,20). The van der Waals surface area contributed by atoms with E-state index in [1.807, 2.05) is 31.2 Å². The van der Waals surface area contributed by atoms with Crippen molar-refractivity contribution in [2.24, 2.45) is 0 Å². The van der Waals surface area contributed by atoms with Crippen molar-refractivity contribution >= 4 is 28.0 Å². The third-order valence-corrected chi connectivity index (χ3v) is 3.25. The number of para-hydroxylation sites is 1. The number of pyridine rings is 1. The lowest BCUT2D eigenvalue weighted by molar-refractivity contribution is 0.627. The molecule has 3 nitrogen and oxygen atoms in total. The van der Waals surface area contributed by atoms with Gasteiger partial charge in [-0.25, -0.2) is 4.39 Å². The first-order valence-electron chi connectivity index (χ1n) is 6.31. The molecule has 3 rings (SSSR count). The Morgan fingerprint density at radius 2 is 1.95 bits per heavy atom. The highest BCUT2D eigenvalue weighted by atomic mass is 19.1. The highest BCUT2D eigenvalue weighted by Crippen LogP contribution is 2.31. The molecular weight excluding hydrogens is 253 g/mol.